The molecule has 2 fully saturated rings. The highest BCUT2D eigenvalue weighted by Crippen LogP contribution is 2.33. The third-order valence-electron chi connectivity index (χ3n) is 7.42. The van der Waals surface area contributed by atoms with E-state index in [1.807, 2.05) is 30.3 Å². The number of alkyl carbamates (subject to hydrolysis) is 1. The first-order valence-corrected chi connectivity index (χ1v) is 14.5. The monoisotopic (exact) mass is 618 g/mol. The first kappa shape index (κ1) is 32.6. The van der Waals surface area contributed by atoms with Crippen molar-refractivity contribution in [3.05, 3.63) is 65.2 Å². The average Bonchev–Trinajstić information content (AvgIpc) is 3.30. The molecule has 10 nitrogen and oxygen atoms in total. The van der Waals surface area contributed by atoms with Gasteiger partial charge in [-0.2, -0.15) is 13.2 Å². The maximum absolute atomic E-state index is 13.5. The second kappa shape index (κ2) is 13.6. The molecular formula is C31H37F3N4O6. The van der Waals surface area contributed by atoms with E-state index in [1.165, 1.54) is 0 Å². The molecule has 4 amide bonds. The van der Waals surface area contributed by atoms with Gasteiger partial charge >= 0.3 is 18.4 Å². The van der Waals surface area contributed by atoms with Gasteiger partial charge in [-0.3, -0.25) is 14.9 Å². The normalized spacial score (nSPS) is 20.5. The highest BCUT2D eigenvalue weighted by atomic mass is 19.4. The largest absolute Gasteiger partial charge is 0.445 e. The molecule has 2 aliphatic rings. The zero-order valence-corrected chi connectivity index (χ0v) is 24.8. The molecule has 1 heterocycles. The van der Waals surface area contributed by atoms with Gasteiger partial charge in [0.2, 0.25) is 5.91 Å². The highest BCUT2D eigenvalue weighted by Gasteiger charge is 2.41. The molecule has 3 N–H and O–H groups in total. The van der Waals surface area contributed by atoms with Crippen molar-refractivity contribution in [2.45, 2.75) is 89.4 Å². The van der Waals surface area contributed by atoms with E-state index >= 15 is 0 Å². The van der Waals surface area contributed by atoms with Gasteiger partial charge in [0.05, 0.1) is 28.9 Å². The molecule has 1 aliphatic heterocycles. The van der Waals surface area contributed by atoms with Crippen molar-refractivity contribution < 1.29 is 41.8 Å². The first-order valence-electron chi connectivity index (χ1n) is 14.5. The van der Waals surface area contributed by atoms with E-state index in [2.05, 4.69) is 16.0 Å². The van der Waals surface area contributed by atoms with E-state index in [1.54, 1.807) is 25.7 Å². The van der Waals surface area contributed by atoms with Crippen LogP contribution in [0.25, 0.3) is 0 Å². The molecule has 0 bridgehead atoms. The summed E-state index contributed by atoms with van der Waals surface area (Å²) in [4.78, 5) is 53.2. The van der Waals surface area contributed by atoms with Crippen molar-refractivity contribution in [3.8, 4) is 0 Å². The van der Waals surface area contributed by atoms with Gasteiger partial charge in [0.15, 0.2) is 0 Å². The van der Waals surface area contributed by atoms with Crippen molar-refractivity contribution in [3.63, 3.8) is 0 Å². The predicted molar refractivity (Wildman–Crippen MR) is 155 cm³/mol. The number of carbonyl (C=O) groups excluding carboxylic acids is 4. The number of anilines is 1. The summed E-state index contributed by atoms with van der Waals surface area (Å²) in [6.45, 7) is 5.23. The molecule has 0 radical (unpaired) electrons. The van der Waals surface area contributed by atoms with E-state index in [4.69, 9.17) is 9.47 Å². The SMILES string of the molecule is CC(C)(C)OC(=O)Nc1ccc(C(F)(F)F)cc1C(=O)N[C@H]1CCN([C@H]2CCCC[C@H]2NC(=O)OCc2ccccc2)C1=O. The Balaban J connectivity index is 1.43. The lowest BCUT2D eigenvalue weighted by Crippen LogP contribution is -2.55. The Bertz CT molecular complexity index is 1360. The van der Waals surface area contributed by atoms with Crippen LogP contribution >= 0.6 is 0 Å². The minimum Gasteiger partial charge on any atom is -0.445 e. The maximum atomic E-state index is 13.5. The Morgan fingerprint density at radius 3 is 2.32 bits per heavy atom. The Morgan fingerprint density at radius 2 is 1.64 bits per heavy atom. The summed E-state index contributed by atoms with van der Waals surface area (Å²) < 4.78 is 51.0. The van der Waals surface area contributed by atoms with Crippen LogP contribution in [0.4, 0.5) is 28.4 Å². The number of likely N-dealkylation sites (tertiary alicyclic amines) is 1. The van der Waals surface area contributed by atoms with Gasteiger partial charge in [-0.1, -0.05) is 43.2 Å². The van der Waals surface area contributed by atoms with Crippen molar-refractivity contribution in [2.75, 3.05) is 11.9 Å². The Hall–Kier alpha value is -4.29. The Labute approximate surface area is 253 Å². The van der Waals surface area contributed by atoms with Gasteiger partial charge in [-0.25, -0.2) is 9.59 Å². The van der Waals surface area contributed by atoms with Gasteiger partial charge in [-0.15, -0.1) is 0 Å². The Morgan fingerprint density at radius 1 is 0.932 bits per heavy atom. The first-order chi connectivity index (χ1) is 20.7. The lowest BCUT2D eigenvalue weighted by molar-refractivity contribution is -0.137. The van der Waals surface area contributed by atoms with Crippen LogP contribution in [-0.2, 0) is 27.1 Å². The topological polar surface area (TPSA) is 126 Å². The third kappa shape index (κ3) is 8.64. The molecule has 0 unspecified atom stereocenters. The van der Waals surface area contributed by atoms with Crippen molar-refractivity contribution in [1.82, 2.24) is 15.5 Å². The number of nitrogens with zero attached hydrogens (tertiary/aromatic N) is 1. The summed E-state index contributed by atoms with van der Waals surface area (Å²) in [5, 5.41) is 7.76. The summed E-state index contributed by atoms with van der Waals surface area (Å²) in [6, 6.07) is 9.86. The standard InChI is InChI=1S/C31H37F3N4O6/c1-30(2,3)44-29(42)36-22-14-13-20(31(32,33)34)17-21(22)26(39)35-24-15-16-38(27(24)40)25-12-8-7-11-23(25)37-28(41)43-18-19-9-5-4-6-10-19/h4-6,9-10,13-14,17,23-25H,7-8,11-12,15-16,18H2,1-3H3,(H,35,39)(H,36,42)(H,37,41)/t23-,24+,25+/m1/s1. The molecule has 3 atom stereocenters. The quantitative estimate of drug-likeness (QED) is 0.370. The number of halogens is 3. The van der Waals surface area contributed by atoms with Crippen LogP contribution in [0.5, 0.6) is 0 Å². The number of carbonyl (C=O) groups is 4. The van der Waals surface area contributed by atoms with E-state index < -0.39 is 52.9 Å². The minimum absolute atomic E-state index is 0.0983. The molecule has 2 aromatic rings. The summed E-state index contributed by atoms with van der Waals surface area (Å²) in [6.07, 6.45) is -3.11. The number of benzene rings is 2. The number of alkyl halides is 3. The number of nitrogens with one attached hydrogen (secondary N) is 3. The minimum atomic E-state index is -4.75. The molecule has 238 valence electrons. The van der Waals surface area contributed by atoms with Crippen LogP contribution in [0.15, 0.2) is 48.5 Å². The molecule has 44 heavy (non-hydrogen) atoms. The smallest absolute Gasteiger partial charge is 0.416 e. The highest BCUT2D eigenvalue weighted by molar-refractivity contribution is 6.04. The Kier molecular flexibility index (Phi) is 10.1. The van der Waals surface area contributed by atoms with E-state index in [-0.39, 0.29) is 37.3 Å². The van der Waals surface area contributed by atoms with E-state index in [9.17, 15) is 32.3 Å². The second-order valence-corrected chi connectivity index (χ2v) is 11.9. The summed E-state index contributed by atoms with van der Waals surface area (Å²) in [5.74, 6) is -1.35. The molecular weight excluding hydrogens is 581 g/mol. The summed E-state index contributed by atoms with van der Waals surface area (Å²) >= 11 is 0. The molecule has 1 saturated heterocycles. The van der Waals surface area contributed by atoms with Crippen LogP contribution in [0, 0.1) is 0 Å². The van der Waals surface area contributed by atoms with Gasteiger partial charge < -0.3 is 25.0 Å². The number of hydrogen-bond donors (Lipinski definition) is 3. The van der Waals surface area contributed by atoms with Crippen LogP contribution in [0.2, 0.25) is 0 Å². The van der Waals surface area contributed by atoms with E-state index in [0.29, 0.717) is 18.9 Å². The van der Waals surface area contributed by atoms with E-state index in [0.717, 1.165) is 30.5 Å². The molecule has 2 aromatic carbocycles. The van der Waals surface area contributed by atoms with Crippen LogP contribution in [-0.4, -0.2) is 59.2 Å². The number of hydrogen-bond acceptors (Lipinski definition) is 6. The fraction of sp³-hybridized carbons (Fsp3) is 0.484. The van der Waals surface area contributed by atoms with Crippen LogP contribution in [0.1, 0.15) is 74.4 Å². The second-order valence-electron chi connectivity index (χ2n) is 11.9. The average molecular weight is 619 g/mol. The molecule has 1 aliphatic carbocycles. The molecule has 0 aromatic heterocycles. The fourth-order valence-electron chi connectivity index (χ4n) is 5.40. The number of amides is 4. The van der Waals surface area contributed by atoms with Gasteiger partial charge in [0.25, 0.3) is 5.91 Å². The molecule has 4 rings (SSSR count). The van der Waals surface area contributed by atoms with Crippen molar-refractivity contribution in [1.29, 1.82) is 0 Å². The van der Waals surface area contributed by atoms with Crippen LogP contribution in [0.3, 0.4) is 0 Å². The van der Waals surface area contributed by atoms with Crippen LogP contribution < -0.4 is 16.0 Å². The van der Waals surface area contributed by atoms with Gasteiger partial charge in [0, 0.05) is 6.54 Å². The molecule has 0 spiro atoms. The number of ether oxygens (including phenoxy) is 2. The fourth-order valence-corrected chi connectivity index (χ4v) is 5.40. The molecule has 13 heteroatoms. The van der Waals surface area contributed by atoms with Gasteiger partial charge in [-0.05, 0) is 63.8 Å². The lowest BCUT2D eigenvalue weighted by atomic mass is 9.89. The third-order valence-corrected chi connectivity index (χ3v) is 7.42. The zero-order valence-electron chi connectivity index (χ0n) is 24.8. The summed E-state index contributed by atoms with van der Waals surface area (Å²) in [5.41, 5.74) is -1.80. The predicted octanol–water partition coefficient (Wildman–Crippen LogP) is 5.62. The zero-order chi connectivity index (χ0) is 32.1. The molecule has 1 saturated carbocycles. The lowest BCUT2D eigenvalue weighted by Gasteiger charge is -2.38. The number of rotatable bonds is 7. The maximum Gasteiger partial charge on any atom is 0.416 e. The van der Waals surface area contributed by atoms with Crippen molar-refractivity contribution in [2.24, 2.45) is 0 Å². The van der Waals surface area contributed by atoms with Crippen molar-refractivity contribution >= 4 is 29.7 Å². The summed E-state index contributed by atoms with van der Waals surface area (Å²) in [7, 11) is 0. The van der Waals surface area contributed by atoms with Gasteiger partial charge in [0.1, 0.15) is 18.2 Å².